The first-order chi connectivity index (χ1) is 9.40. The van der Waals surface area contributed by atoms with Gasteiger partial charge in [0.25, 0.3) is 0 Å². The van der Waals surface area contributed by atoms with Crippen LogP contribution in [0.4, 0.5) is 13.2 Å². The number of allylic oxidation sites excluding steroid dienone is 5. The van der Waals surface area contributed by atoms with Gasteiger partial charge in [0.05, 0.1) is 17.0 Å². The number of nitrogens with zero attached hydrogens (tertiary/aromatic N) is 1. The maximum Gasteiger partial charge on any atom is 0.416 e. The Bertz CT molecular complexity index is 382. The van der Waals surface area contributed by atoms with Crippen molar-refractivity contribution in [1.82, 2.24) is 16.0 Å². The third-order valence-electron chi connectivity index (χ3n) is 2.60. The molecule has 1 rings (SSSR count). The van der Waals surface area contributed by atoms with Crippen LogP contribution in [0.15, 0.2) is 35.2 Å². The summed E-state index contributed by atoms with van der Waals surface area (Å²) in [7, 11) is 0. The lowest BCUT2D eigenvalue weighted by molar-refractivity contribution is -0.0882. The van der Waals surface area contributed by atoms with Crippen LogP contribution in [0, 0.1) is 0 Å². The summed E-state index contributed by atoms with van der Waals surface area (Å²) in [5, 5.41) is 1.74. The molecule has 2 N–H and O–H groups in total. The summed E-state index contributed by atoms with van der Waals surface area (Å²) >= 11 is 0. The standard InChI is InChI=1S/C12H18F3N3.C2H6/c1-4-6-7-10(12(13,14)15)8-11-9(3)18(5-2)17-16-11;1-2/h6-8,16-17H,4-5H2,1-3H3;1-2H3/b7-6-,10-8+;. The highest BCUT2D eigenvalue weighted by molar-refractivity contribution is 5.35. The Kier molecular flexibility index (Phi) is 8.06. The van der Waals surface area contributed by atoms with Crippen LogP contribution in [0.1, 0.15) is 41.0 Å². The van der Waals surface area contributed by atoms with Crippen molar-refractivity contribution >= 4 is 0 Å². The second kappa shape index (κ2) is 8.68. The van der Waals surface area contributed by atoms with E-state index in [1.807, 2.05) is 20.8 Å². The maximum atomic E-state index is 12.8. The first-order valence-corrected chi connectivity index (χ1v) is 6.85. The van der Waals surface area contributed by atoms with Gasteiger partial charge in [0.15, 0.2) is 0 Å². The summed E-state index contributed by atoms with van der Waals surface area (Å²) in [6.45, 7) is 10.1. The van der Waals surface area contributed by atoms with Gasteiger partial charge in [-0.05, 0) is 26.3 Å². The lowest BCUT2D eigenvalue weighted by Crippen LogP contribution is -2.37. The molecule has 0 aromatic rings. The van der Waals surface area contributed by atoms with Gasteiger partial charge >= 0.3 is 6.18 Å². The van der Waals surface area contributed by atoms with Crippen molar-refractivity contribution in [3.8, 4) is 0 Å². The Morgan fingerprint density at radius 3 is 2.25 bits per heavy atom. The highest BCUT2D eigenvalue weighted by Crippen LogP contribution is 2.28. The van der Waals surface area contributed by atoms with Crippen LogP contribution < -0.4 is 11.0 Å². The van der Waals surface area contributed by atoms with Gasteiger partial charge in [-0.1, -0.05) is 32.9 Å². The number of hydrazine groups is 2. The molecule has 0 fully saturated rings. The fourth-order valence-electron chi connectivity index (χ4n) is 1.53. The maximum absolute atomic E-state index is 12.8. The average molecular weight is 291 g/mol. The van der Waals surface area contributed by atoms with Gasteiger partial charge in [0, 0.05) is 6.54 Å². The predicted molar refractivity (Wildman–Crippen MR) is 76.3 cm³/mol. The van der Waals surface area contributed by atoms with Crippen molar-refractivity contribution in [2.45, 2.75) is 47.2 Å². The summed E-state index contributed by atoms with van der Waals surface area (Å²) in [5.74, 6) is 0. The molecule has 1 aliphatic heterocycles. The largest absolute Gasteiger partial charge is 0.416 e. The molecule has 0 aliphatic carbocycles. The molecule has 0 aromatic carbocycles. The fourth-order valence-corrected chi connectivity index (χ4v) is 1.53. The van der Waals surface area contributed by atoms with Gasteiger partial charge in [-0.15, -0.1) is 5.53 Å². The molecule has 116 valence electrons. The Labute approximate surface area is 119 Å². The smallest absolute Gasteiger partial charge is 0.302 e. The molecule has 0 amide bonds. The number of nitrogens with one attached hydrogen (secondary N) is 2. The fraction of sp³-hybridized carbons (Fsp3) is 0.571. The topological polar surface area (TPSA) is 27.3 Å². The van der Waals surface area contributed by atoms with Crippen molar-refractivity contribution in [2.24, 2.45) is 0 Å². The molecule has 0 radical (unpaired) electrons. The molecule has 6 heteroatoms. The molecule has 1 heterocycles. The monoisotopic (exact) mass is 291 g/mol. The number of hydrogen-bond acceptors (Lipinski definition) is 3. The van der Waals surface area contributed by atoms with Gasteiger partial charge in [-0.25, -0.2) is 0 Å². The zero-order valence-electron chi connectivity index (χ0n) is 12.7. The molecular weight excluding hydrogens is 267 g/mol. The molecule has 0 saturated heterocycles. The van der Waals surface area contributed by atoms with Crippen LogP contribution >= 0.6 is 0 Å². The average Bonchev–Trinajstić information content (AvgIpc) is 2.76. The van der Waals surface area contributed by atoms with E-state index in [0.29, 0.717) is 18.7 Å². The molecule has 1 aliphatic rings. The summed E-state index contributed by atoms with van der Waals surface area (Å²) in [5.41, 5.74) is 6.04. The first-order valence-electron chi connectivity index (χ1n) is 6.85. The summed E-state index contributed by atoms with van der Waals surface area (Å²) in [6, 6.07) is 0. The SMILES string of the molecule is CC.CC/C=C\C(=C/C1=C(C)N(CC)NN1)C(F)(F)F. The quantitative estimate of drug-likeness (QED) is 0.765. The molecule has 0 spiro atoms. The van der Waals surface area contributed by atoms with Crippen LogP contribution in [0.25, 0.3) is 0 Å². The molecule has 20 heavy (non-hydrogen) atoms. The van der Waals surface area contributed by atoms with E-state index >= 15 is 0 Å². The summed E-state index contributed by atoms with van der Waals surface area (Å²) in [6.07, 6.45) is -0.0611. The molecule has 3 nitrogen and oxygen atoms in total. The minimum Gasteiger partial charge on any atom is -0.302 e. The Morgan fingerprint density at radius 2 is 1.85 bits per heavy atom. The minimum atomic E-state index is -4.35. The molecule has 0 saturated carbocycles. The van der Waals surface area contributed by atoms with Gasteiger partial charge in [-0.2, -0.15) is 13.2 Å². The van der Waals surface area contributed by atoms with Gasteiger partial charge < -0.3 is 5.43 Å². The molecule has 0 aromatic heterocycles. The zero-order valence-corrected chi connectivity index (χ0v) is 12.7. The van der Waals surface area contributed by atoms with E-state index in [4.69, 9.17) is 0 Å². The van der Waals surface area contributed by atoms with Gasteiger partial charge in [0.1, 0.15) is 0 Å². The summed E-state index contributed by atoms with van der Waals surface area (Å²) in [4.78, 5) is 0. The number of alkyl halides is 3. The number of rotatable bonds is 4. The van der Waals surface area contributed by atoms with Crippen molar-refractivity contribution < 1.29 is 13.2 Å². The Balaban J connectivity index is 0.00000172. The van der Waals surface area contributed by atoms with Crippen LogP contribution in [-0.4, -0.2) is 17.7 Å². The van der Waals surface area contributed by atoms with E-state index in [1.165, 1.54) is 6.08 Å². The van der Waals surface area contributed by atoms with Crippen LogP contribution in [0.5, 0.6) is 0 Å². The first kappa shape index (κ1) is 18.6. The normalized spacial score (nSPS) is 16.4. The van der Waals surface area contributed by atoms with E-state index in [0.717, 1.165) is 17.8 Å². The lowest BCUT2D eigenvalue weighted by atomic mass is 10.1. The van der Waals surface area contributed by atoms with E-state index < -0.39 is 11.7 Å². The number of hydrogen-bond donors (Lipinski definition) is 2. The van der Waals surface area contributed by atoms with Crippen molar-refractivity contribution in [3.05, 3.63) is 35.2 Å². The van der Waals surface area contributed by atoms with E-state index in [2.05, 4.69) is 11.0 Å². The number of halogens is 3. The van der Waals surface area contributed by atoms with Crippen LogP contribution in [0.3, 0.4) is 0 Å². The Morgan fingerprint density at radius 1 is 1.25 bits per heavy atom. The zero-order chi connectivity index (χ0) is 15.8. The second-order valence-electron chi connectivity index (χ2n) is 3.89. The highest BCUT2D eigenvalue weighted by atomic mass is 19.4. The van der Waals surface area contributed by atoms with E-state index in [9.17, 15) is 13.2 Å². The van der Waals surface area contributed by atoms with E-state index in [-0.39, 0.29) is 0 Å². The molecule has 0 bridgehead atoms. The highest BCUT2D eigenvalue weighted by Gasteiger charge is 2.32. The third-order valence-corrected chi connectivity index (χ3v) is 2.60. The van der Waals surface area contributed by atoms with Crippen molar-refractivity contribution in [2.75, 3.05) is 6.54 Å². The van der Waals surface area contributed by atoms with Gasteiger partial charge in [0.2, 0.25) is 0 Å². The van der Waals surface area contributed by atoms with Gasteiger partial charge in [-0.3, -0.25) is 5.01 Å². The third kappa shape index (κ3) is 5.28. The molecule has 0 atom stereocenters. The molecule has 0 unspecified atom stereocenters. The summed E-state index contributed by atoms with van der Waals surface area (Å²) < 4.78 is 38.4. The van der Waals surface area contributed by atoms with Crippen molar-refractivity contribution in [1.29, 1.82) is 0 Å². The minimum absolute atomic E-state index is 0.435. The van der Waals surface area contributed by atoms with Crippen LogP contribution in [0.2, 0.25) is 0 Å². The van der Waals surface area contributed by atoms with Crippen LogP contribution in [-0.2, 0) is 0 Å². The van der Waals surface area contributed by atoms with Crippen molar-refractivity contribution in [3.63, 3.8) is 0 Å². The predicted octanol–water partition coefficient (Wildman–Crippen LogP) is 4.04. The second-order valence-corrected chi connectivity index (χ2v) is 3.89. The van der Waals surface area contributed by atoms with E-state index in [1.54, 1.807) is 18.9 Å². The Hall–Kier alpha value is -1.43. The molecular formula is C14H24F3N3. The lowest BCUT2D eigenvalue weighted by Gasteiger charge is -2.15.